The second kappa shape index (κ2) is 5.97. The molecule has 25 heavy (non-hydrogen) atoms. The molecule has 1 aliphatic rings. The maximum absolute atomic E-state index is 12.2. The van der Waals surface area contributed by atoms with E-state index < -0.39 is 11.9 Å². The Morgan fingerprint density at radius 3 is 2.76 bits per heavy atom. The zero-order valence-corrected chi connectivity index (χ0v) is 14.4. The molecule has 5 nitrogen and oxygen atoms in total. The SMILES string of the molecule is Cc1cc(-c2nc3ccccc3s2)ccc1N1C[C@@H](C(=O)O)CC1=O. The molecule has 1 atom stereocenters. The lowest BCUT2D eigenvalue weighted by molar-refractivity contribution is -0.141. The number of rotatable bonds is 3. The van der Waals surface area contributed by atoms with Crippen LogP contribution in [0, 0.1) is 12.8 Å². The largest absolute Gasteiger partial charge is 0.481 e. The molecule has 126 valence electrons. The average Bonchev–Trinajstić information content (AvgIpc) is 3.18. The lowest BCUT2D eigenvalue weighted by Gasteiger charge is -2.19. The molecule has 2 heterocycles. The van der Waals surface area contributed by atoms with Gasteiger partial charge in [-0.25, -0.2) is 4.98 Å². The number of hydrogen-bond donors (Lipinski definition) is 1. The van der Waals surface area contributed by atoms with Crippen molar-refractivity contribution in [3.8, 4) is 10.6 Å². The second-order valence-electron chi connectivity index (χ2n) is 6.23. The van der Waals surface area contributed by atoms with Gasteiger partial charge in [0.1, 0.15) is 5.01 Å². The first-order valence-electron chi connectivity index (χ1n) is 8.02. The monoisotopic (exact) mass is 352 g/mol. The highest BCUT2D eigenvalue weighted by atomic mass is 32.1. The van der Waals surface area contributed by atoms with E-state index in [-0.39, 0.29) is 18.9 Å². The van der Waals surface area contributed by atoms with Gasteiger partial charge in [0.05, 0.1) is 16.1 Å². The number of nitrogens with zero attached hydrogens (tertiary/aromatic N) is 2. The molecule has 1 saturated heterocycles. The number of thiazole rings is 1. The number of aryl methyl sites for hydroxylation is 1. The first kappa shape index (κ1) is 15.8. The van der Waals surface area contributed by atoms with Gasteiger partial charge in [-0.2, -0.15) is 0 Å². The number of carbonyl (C=O) groups is 2. The Hall–Kier alpha value is -2.73. The topological polar surface area (TPSA) is 70.5 Å². The molecule has 4 rings (SSSR count). The standard InChI is InChI=1S/C19H16N2O3S/c1-11-8-12(18-20-14-4-2-3-5-16(14)25-18)6-7-15(11)21-10-13(19(23)24)9-17(21)22/h2-8,13H,9-10H2,1H3,(H,23,24)/t13-/m0/s1. The van der Waals surface area contributed by atoms with Crippen molar-refractivity contribution in [1.82, 2.24) is 4.98 Å². The van der Waals surface area contributed by atoms with Gasteiger partial charge in [-0.15, -0.1) is 11.3 Å². The van der Waals surface area contributed by atoms with Crippen molar-refractivity contribution in [1.29, 1.82) is 0 Å². The van der Waals surface area contributed by atoms with Crippen LogP contribution in [-0.4, -0.2) is 28.5 Å². The van der Waals surface area contributed by atoms with E-state index in [0.717, 1.165) is 32.0 Å². The number of amides is 1. The molecule has 0 unspecified atom stereocenters. The molecule has 0 saturated carbocycles. The van der Waals surface area contributed by atoms with Crippen LogP contribution in [0.3, 0.4) is 0 Å². The molecule has 2 aromatic carbocycles. The van der Waals surface area contributed by atoms with Crippen LogP contribution in [-0.2, 0) is 9.59 Å². The smallest absolute Gasteiger partial charge is 0.308 e. The zero-order valence-electron chi connectivity index (χ0n) is 13.6. The Balaban J connectivity index is 1.67. The molecule has 3 aromatic rings. The third-order valence-electron chi connectivity index (χ3n) is 4.50. The van der Waals surface area contributed by atoms with E-state index in [1.807, 2.05) is 49.4 Å². The van der Waals surface area contributed by atoms with E-state index in [0.29, 0.717) is 0 Å². The van der Waals surface area contributed by atoms with Crippen LogP contribution in [0.1, 0.15) is 12.0 Å². The summed E-state index contributed by atoms with van der Waals surface area (Å²) in [5.41, 5.74) is 3.70. The molecule has 1 aliphatic heterocycles. The van der Waals surface area contributed by atoms with Crippen LogP contribution in [0.2, 0.25) is 0 Å². The van der Waals surface area contributed by atoms with Crippen molar-refractivity contribution in [2.45, 2.75) is 13.3 Å². The molecule has 1 aromatic heterocycles. The van der Waals surface area contributed by atoms with Gasteiger partial charge in [-0.1, -0.05) is 12.1 Å². The van der Waals surface area contributed by atoms with Gasteiger partial charge < -0.3 is 10.0 Å². The molecular weight excluding hydrogens is 336 g/mol. The fraction of sp³-hybridized carbons (Fsp3) is 0.211. The van der Waals surface area contributed by atoms with Gasteiger partial charge >= 0.3 is 5.97 Å². The van der Waals surface area contributed by atoms with Crippen LogP contribution < -0.4 is 4.90 Å². The van der Waals surface area contributed by atoms with E-state index in [2.05, 4.69) is 4.98 Å². The van der Waals surface area contributed by atoms with E-state index in [4.69, 9.17) is 5.11 Å². The number of hydrogen-bond acceptors (Lipinski definition) is 4. The molecule has 6 heteroatoms. The molecular formula is C19H16N2O3S. The zero-order chi connectivity index (χ0) is 17.6. The summed E-state index contributed by atoms with van der Waals surface area (Å²) in [4.78, 5) is 29.6. The maximum atomic E-state index is 12.2. The Labute approximate surface area is 148 Å². The van der Waals surface area contributed by atoms with Crippen molar-refractivity contribution in [3.05, 3.63) is 48.0 Å². The van der Waals surface area contributed by atoms with Crippen LogP contribution in [0.4, 0.5) is 5.69 Å². The predicted octanol–water partition coefficient (Wildman–Crippen LogP) is 3.71. The molecule has 1 amide bonds. The number of benzene rings is 2. The van der Waals surface area contributed by atoms with Crippen molar-refractivity contribution < 1.29 is 14.7 Å². The highest BCUT2D eigenvalue weighted by molar-refractivity contribution is 7.21. The Morgan fingerprint density at radius 2 is 2.08 bits per heavy atom. The number of para-hydroxylation sites is 1. The van der Waals surface area contributed by atoms with Crippen LogP contribution in [0.25, 0.3) is 20.8 Å². The molecule has 1 fully saturated rings. The summed E-state index contributed by atoms with van der Waals surface area (Å²) in [5, 5.41) is 10.1. The van der Waals surface area contributed by atoms with E-state index >= 15 is 0 Å². The van der Waals surface area contributed by atoms with E-state index in [9.17, 15) is 9.59 Å². The summed E-state index contributed by atoms with van der Waals surface area (Å²) in [5.74, 6) is -1.68. The van der Waals surface area contributed by atoms with Crippen molar-refractivity contribution in [3.63, 3.8) is 0 Å². The fourth-order valence-corrected chi connectivity index (χ4v) is 4.15. The van der Waals surface area contributed by atoms with Crippen LogP contribution in [0.5, 0.6) is 0 Å². The molecule has 1 N–H and O–H groups in total. The number of carboxylic acids is 1. The first-order chi connectivity index (χ1) is 12.0. The number of aromatic nitrogens is 1. The van der Waals surface area contributed by atoms with Crippen molar-refractivity contribution >= 4 is 39.1 Å². The summed E-state index contributed by atoms with van der Waals surface area (Å²) in [6, 6.07) is 13.8. The molecule has 0 spiro atoms. The number of carboxylic acid groups (broad SMARTS) is 1. The summed E-state index contributed by atoms with van der Waals surface area (Å²) < 4.78 is 1.14. The molecule has 0 aliphatic carbocycles. The summed E-state index contributed by atoms with van der Waals surface area (Å²) in [6.45, 7) is 2.17. The average molecular weight is 352 g/mol. The Morgan fingerprint density at radius 1 is 1.28 bits per heavy atom. The third-order valence-corrected chi connectivity index (χ3v) is 5.59. The van der Waals surface area contributed by atoms with Gasteiger partial charge in [-0.05, 0) is 42.8 Å². The highest BCUT2D eigenvalue weighted by Gasteiger charge is 2.35. The maximum Gasteiger partial charge on any atom is 0.308 e. The minimum atomic E-state index is -0.917. The van der Waals surface area contributed by atoms with Crippen LogP contribution in [0.15, 0.2) is 42.5 Å². The number of carbonyl (C=O) groups excluding carboxylic acids is 1. The highest BCUT2D eigenvalue weighted by Crippen LogP contribution is 2.34. The second-order valence-corrected chi connectivity index (χ2v) is 7.26. The van der Waals surface area contributed by atoms with E-state index in [1.54, 1.807) is 16.2 Å². The third kappa shape index (κ3) is 2.78. The van der Waals surface area contributed by atoms with Crippen molar-refractivity contribution in [2.75, 3.05) is 11.4 Å². The lowest BCUT2D eigenvalue weighted by atomic mass is 10.1. The van der Waals surface area contributed by atoms with E-state index in [1.165, 1.54) is 0 Å². The Kier molecular flexibility index (Phi) is 3.77. The van der Waals surface area contributed by atoms with Gasteiger partial charge in [0.25, 0.3) is 0 Å². The molecule has 0 bridgehead atoms. The van der Waals surface area contributed by atoms with Gasteiger partial charge in [0.2, 0.25) is 5.91 Å². The quantitative estimate of drug-likeness (QED) is 0.780. The van der Waals surface area contributed by atoms with Crippen LogP contribution >= 0.6 is 11.3 Å². The summed E-state index contributed by atoms with van der Waals surface area (Å²) in [6.07, 6.45) is 0.0639. The van der Waals surface area contributed by atoms with Gasteiger partial charge in [0, 0.05) is 24.2 Å². The van der Waals surface area contributed by atoms with Crippen molar-refractivity contribution in [2.24, 2.45) is 5.92 Å². The van der Waals surface area contributed by atoms with Gasteiger partial charge in [-0.3, -0.25) is 9.59 Å². The molecule has 0 radical (unpaired) electrons. The number of fused-ring (bicyclic) bond motifs is 1. The normalized spacial score (nSPS) is 17.4. The minimum absolute atomic E-state index is 0.0639. The lowest BCUT2D eigenvalue weighted by Crippen LogP contribution is -2.26. The number of aliphatic carboxylic acids is 1. The first-order valence-corrected chi connectivity index (χ1v) is 8.84. The predicted molar refractivity (Wildman–Crippen MR) is 97.9 cm³/mol. The van der Waals surface area contributed by atoms with Gasteiger partial charge in [0.15, 0.2) is 0 Å². The fourth-order valence-electron chi connectivity index (χ4n) is 3.19. The summed E-state index contributed by atoms with van der Waals surface area (Å²) >= 11 is 1.63. The summed E-state index contributed by atoms with van der Waals surface area (Å²) in [7, 11) is 0. The Bertz CT molecular complexity index is 962. The minimum Gasteiger partial charge on any atom is -0.481 e. The number of anilines is 1.